The highest BCUT2D eigenvalue weighted by Crippen LogP contribution is 2.43. The maximum atomic E-state index is 14.3. The predicted octanol–water partition coefficient (Wildman–Crippen LogP) is 6.69. The quantitative estimate of drug-likeness (QED) is 0.491. The van der Waals surface area contributed by atoms with E-state index in [4.69, 9.17) is 4.74 Å². The molecule has 0 spiro atoms. The molecule has 2 aliphatic heterocycles. The predicted molar refractivity (Wildman–Crippen MR) is 129 cm³/mol. The van der Waals surface area contributed by atoms with E-state index in [1.807, 2.05) is 6.07 Å². The molecule has 2 unspecified atom stereocenters. The molecule has 2 bridgehead atoms. The zero-order valence-corrected chi connectivity index (χ0v) is 20.2. The summed E-state index contributed by atoms with van der Waals surface area (Å²) in [4.78, 5) is 13.8. The van der Waals surface area contributed by atoms with Gasteiger partial charge in [-0.1, -0.05) is 31.2 Å². The van der Waals surface area contributed by atoms with Crippen molar-refractivity contribution >= 4 is 16.7 Å². The Morgan fingerprint density at radius 1 is 1.03 bits per heavy atom. The molecular formula is C28H34F3NO3. The molecule has 1 aliphatic carbocycles. The second-order valence-corrected chi connectivity index (χ2v) is 10.9. The van der Waals surface area contributed by atoms with E-state index < -0.39 is 17.7 Å². The van der Waals surface area contributed by atoms with Crippen molar-refractivity contribution in [3.63, 3.8) is 0 Å². The first kappa shape index (κ1) is 24.4. The summed E-state index contributed by atoms with van der Waals surface area (Å²) < 4.78 is 48.8. The molecule has 190 valence electrons. The molecule has 35 heavy (non-hydrogen) atoms. The van der Waals surface area contributed by atoms with Crippen LogP contribution in [0, 0.1) is 11.8 Å². The third-order valence-corrected chi connectivity index (χ3v) is 8.48. The van der Waals surface area contributed by atoms with E-state index >= 15 is 0 Å². The summed E-state index contributed by atoms with van der Waals surface area (Å²) >= 11 is 0. The molecule has 1 N–H and O–H groups in total. The molecular weight excluding hydrogens is 455 g/mol. The van der Waals surface area contributed by atoms with Crippen molar-refractivity contribution in [2.75, 3.05) is 6.54 Å². The Hall–Kier alpha value is -2.28. The highest BCUT2D eigenvalue weighted by molar-refractivity contribution is 5.89. The van der Waals surface area contributed by atoms with Crippen molar-refractivity contribution in [3.05, 3.63) is 41.5 Å². The van der Waals surface area contributed by atoms with Crippen molar-refractivity contribution in [2.24, 2.45) is 11.8 Å². The van der Waals surface area contributed by atoms with Gasteiger partial charge in [-0.05, 0) is 86.1 Å². The van der Waals surface area contributed by atoms with Gasteiger partial charge in [0.2, 0.25) is 0 Å². The lowest BCUT2D eigenvalue weighted by molar-refractivity contribution is -0.144. The van der Waals surface area contributed by atoms with Gasteiger partial charge < -0.3 is 9.84 Å². The van der Waals surface area contributed by atoms with Crippen LogP contribution in [0.4, 0.5) is 13.2 Å². The topological polar surface area (TPSA) is 49.8 Å². The minimum atomic E-state index is -4.51. The zero-order valence-electron chi connectivity index (χ0n) is 20.2. The van der Waals surface area contributed by atoms with Crippen LogP contribution in [0.2, 0.25) is 0 Å². The maximum Gasteiger partial charge on any atom is 0.420 e. The van der Waals surface area contributed by atoms with Crippen LogP contribution in [-0.2, 0) is 17.4 Å². The molecule has 2 atom stereocenters. The number of benzene rings is 2. The summed E-state index contributed by atoms with van der Waals surface area (Å²) in [6.45, 7) is 2.92. The van der Waals surface area contributed by atoms with Crippen molar-refractivity contribution in [3.8, 4) is 5.75 Å². The molecule has 5 rings (SSSR count). The Balaban J connectivity index is 1.36. The van der Waals surface area contributed by atoms with E-state index in [0.717, 1.165) is 50.6 Å². The fraction of sp³-hybridized carbons (Fsp3) is 0.607. The first-order valence-corrected chi connectivity index (χ1v) is 13.0. The standard InChI is InChI=1S/C28H34F3NO3/c1-17-2-9-23(10-3-17)35-25-11-6-19-5-4-18(14-24(19)26(25)28(29,30)31)12-13-32-21-7-8-22(32)16-20(15-21)27(33)34/h4-6,11,14,17,20-23H,2-3,7-10,12-13,15-16H2,1H3,(H,33,34)/t17-,20?,21?,22?,23+. The van der Waals surface area contributed by atoms with Crippen LogP contribution < -0.4 is 4.74 Å². The number of hydrogen-bond acceptors (Lipinski definition) is 3. The van der Waals surface area contributed by atoms with E-state index in [-0.39, 0.29) is 35.2 Å². The Kier molecular flexibility index (Phi) is 6.73. The van der Waals surface area contributed by atoms with Crippen molar-refractivity contribution in [1.82, 2.24) is 4.90 Å². The molecule has 2 saturated heterocycles. The Labute approximate surface area is 204 Å². The molecule has 2 heterocycles. The highest BCUT2D eigenvalue weighted by atomic mass is 19.4. The lowest BCUT2D eigenvalue weighted by atomic mass is 9.89. The summed E-state index contributed by atoms with van der Waals surface area (Å²) in [6.07, 6.45) is 2.86. The number of rotatable bonds is 6. The van der Waals surface area contributed by atoms with Gasteiger partial charge in [-0.2, -0.15) is 13.2 Å². The smallest absolute Gasteiger partial charge is 0.420 e. The summed E-state index contributed by atoms with van der Waals surface area (Å²) in [6, 6.07) is 9.10. The monoisotopic (exact) mass is 489 g/mol. The van der Waals surface area contributed by atoms with Gasteiger partial charge in [0.05, 0.1) is 12.0 Å². The fourth-order valence-electron chi connectivity index (χ4n) is 6.52. The van der Waals surface area contributed by atoms with E-state index in [9.17, 15) is 23.1 Å². The highest BCUT2D eigenvalue weighted by Gasteiger charge is 2.42. The van der Waals surface area contributed by atoms with E-state index in [2.05, 4.69) is 11.8 Å². The maximum absolute atomic E-state index is 14.3. The van der Waals surface area contributed by atoms with Gasteiger partial charge in [0, 0.05) is 18.6 Å². The second kappa shape index (κ2) is 9.64. The van der Waals surface area contributed by atoms with Crippen molar-refractivity contribution in [1.29, 1.82) is 0 Å². The average molecular weight is 490 g/mol. The lowest BCUT2D eigenvalue weighted by Gasteiger charge is -2.37. The number of fused-ring (bicyclic) bond motifs is 3. The molecule has 3 aliphatic rings. The molecule has 4 nitrogen and oxygen atoms in total. The number of nitrogens with zero attached hydrogens (tertiary/aromatic N) is 1. The molecule has 7 heteroatoms. The van der Waals surface area contributed by atoms with Gasteiger partial charge >= 0.3 is 12.1 Å². The molecule has 0 radical (unpaired) electrons. The number of halogens is 3. The van der Waals surface area contributed by atoms with Crippen LogP contribution in [0.3, 0.4) is 0 Å². The van der Waals surface area contributed by atoms with E-state index in [0.29, 0.717) is 30.6 Å². The van der Waals surface area contributed by atoms with Gasteiger partial charge in [-0.3, -0.25) is 9.69 Å². The number of alkyl halides is 3. The fourth-order valence-corrected chi connectivity index (χ4v) is 6.52. The number of carboxylic acid groups (broad SMARTS) is 1. The van der Waals surface area contributed by atoms with Gasteiger partial charge in [-0.25, -0.2) is 0 Å². The minimum Gasteiger partial charge on any atom is -0.490 e. The van der Waals surface area contributed by atoms with Gasteiger partial charge in [0.15, 0.2) is 0 Å². The number of ether oxygens (including phenoxy) is 1. The molecule has 0 amide bonds. The first-order chi connectivity index (χ1) is 16.7. The summed E-state index contributed by atoms with van der Waals surface area (Å²) in [5.74, 6) is -0.446. The van der Waals surface area contributed by atoms with Crippen LogP contribution in [0.1, 0.15) is 69.4 Å². The largest absolute Gasteiger partial charge is 0.490 e. The number of carboxylic acids is 1. The van der Waals surface area contributed by atoms with Gasteiger partial charge in [0.1, 0.15) is 11.3 Å². The Bertz CT molecular complexity index is 1060. The number of aliphatic carboxylic acids is 1. The third-order valence-electron chi connectivity index (χ3n) is 8.48. The van der Waals surface area contributed by atoms with Crippen LogP contribution in [0.25, 0.3) is 10.8 Å². The average Bonchev–Trinajstić information content (AvgIpc) is 3.04. The molecule has 3 fully saturated rings. The third kappa shape index (κ3) is 5.16. The van der Waals surface area contributed by atoms with Gasteiger partial charge in [-0.15, -0.1) is 0 Å². The van der Waals surface area contributed by atoms with E-state index in [1.54, 1.807) is 18.2 Å². The molecule has 2 aromatic carbocycles. The van der Waals surface area contributed by atoms with E-state index in [1.165, 1.54) is 6.07 Å². The van der Waals surface area contributed by atoms with Crippen LogP contribution in [0.15, 0.2) is 30.3 Å². The van der Waals surface area contributed by atoms with Crippen LogP contribution in [-0.4, -0.2) is 40.7 Å². The molecule has 2 aromatic rings. The number of carbonyl (C=O) groups is 1. The number of piperidine rings is 1. The van der Waals surface area contributed by atoms with Crippen molar-refractivity contribution < 1.29 is 27.8 Å². The van der Waals surface area contributed by atoms with Crippen LogP contribution in [0.5, 0.6) is 5.75 Å². The van der Waals surface area contributed by atoms with Gasteiger partial charge in [0.25, 0.3) is 0 Å². The number of hydrogen-bond donors (Lipinski definition) is 1. The Morgan fingerprint density at radius 2 is 1.69 bits per heavy atom. The normalized spacial score (nSPS) is 29.4. The SMILES string of the molecule is C[C@H]1CC[C@@H](Oc2ccc3ccc(CCN4C5CCC4CC(C(=O)O)C5)cc3c2C(F)(F)F)CC1. The molecule has 0 aromatic heterocycles. The van der Waals surface area contributed by atoms with Crippen molar-refractivity contribution in [2.45, 2.75) is 89.1 Å². The zero-order chi connectivity index (χ0) is 24.7. The minimum absolute atomic E-state index is 0.0597. The summed E-state index contributed by atoms with van der Waals surface area (Å²) in [5.41, 5.74) is 0.198. The first-order valence-electron chi connectivity index (χ1n) is 13.0. The molecule has 1 saturated carbocycles. The lowest BCUT2D eigenvalue weighted by Crippen LogP contribution is -2.45. The van der Waals surface area contributed by atoms with Crippen LogP contribution >= 0.6 is 0 Å². The summed E-state index contributed by atoms with van der Waals surface area (Å²) in [7, 11) is 0. The Morgan fingerprint density at radius 3 is 2.31 bits per heavy atom. The second-order valence-electron chi connectivity index (χ2n) is 10.9. The summed E-state index contributed by atoms with van der Waals surface area (Å²) in [5, 5.41) is 10.2.